The standard InChI is InChI=1S/C7H13N.C4H3N3O/c1-4-8-5-2-7(1)3-6-8;1-2-8-4-5-3-6-7(1)4/h7H,1-6H2;1-3H. The van der Waals surface area contributed by atoms with Crippen LogP contribution in [0.25, 0.3) is 5.84 Å². The van der Waals surface area contributed by atoms with Crippen molar-refractivity contribution in [1.29, 1.82) is 0 Å². The summed E-state index contributed by atoms with van der Waals surface area (Å²) in [5.41, 5.74) is 0. The molecule has 3 aliphatic heterocycles. The first kappa shape index (κ1) is 9.84. The molecule has 2 bridgehead atoms. The van der Waals surface area contributed by atoms with E-state index in [-0.39, 0.29) is 0 Å². The van der Waals surface area contributed by atoms with Gasteiger partial charge in [-0.25, -0.2) is 0 Å². The fraction of sp³-hybridized carbons (Fsp3) is 0.636. The monoisotopic (exact) mass is 220 g/mol. The summed E-state index contributed by atoms with van der Waals surface area (Å²) >= 11 is 0. The van der Waals surface area contributed by atoms with Gasteiger partial charge >= 0.3 is 5.84 Å². The van der Waals surface area contributed by atoms with E-state index < -0.39 is 0 Å². The van der Waals surface area contributed by atoms with Gasteiger partial charge in [0.2, 0.25) is 0 Å². The summed E-state index contributed by atoms with van der Waals surface area (Å²) in [5.74, 6) is 1.64. The fourth-order valence-electron chi connectivity index (χ4n) is 2.44. The average molecular weight is 220 g/mol. The molecule has 3 saturated heterocycles. The van der Waals surface area contributed by atoms with Crippen LogP contribution in [0.2, 0.25) is 0 Å². The minimum atomic E-state index is 0.532. The predicted molar refractivity (Wildman–Crippen MR) is 59.0 cm³/mol. The van der Waals surface area contributed by atoms with Gasteiger partial charge in [0.25, 0.3) is 0 Å². The van der Waals surface area contributed by atoms with Gasteiger partial charge in [-0.2, -0.15) is 14.6 Å². The third kappa shape index (κ3) is 1.95. The Balaban J connectivity index is 0.000000101. The maximum absolute atomic E-state index is 4.85. The molecule has 5 rings (SSSR count). The Labute approximate surface area is 94.1 Å². The van der Waals surface area contributed by atoms with E-state index in [4.69, 9.17) is 4.42 Å². The smallest absolute Gasteiger partial charge is 0.324 e. The summed E-state index contributed by atoms with van der Waals surface area (Å²) in [7, 11) is 0. The SMILES string of the molecule is C1CN2CCC1CC2.c1nc2occn2n1. The molecule has 0 aliphatic carbocycles. The maximum atomic E-state index is 4.85. The van der Waals surface area contributed by atoms with E-state index in [2.05, 4.69) is 15.0 Å². The number of nitrogens with zero attached hydrogens (tertiary/aromatic N) is 4. The molecule has 0 N–H and O–H groups in total. The van der Waals surface area contributed by atoms with Crippen molar-refractivity contribution in [2.45, 2.75) is 19.3 Å². The molecule has 3 fully saturated rings. The van der Waals surface area contributed by atoms with Gasteiger partial charge < -0.3 is 9.32 Å². The molecule has 5 heterocycles. The number of aromatic nitrogens is 3. The van der Waals surface area contributed by atoms with Gasteiger partial charge in [0.1, 0.15) is 12.6 Å². The van der Waals surface area contributed by atoms with Crippen LogP contribution in [0.5, 0.6) is 0 Å². The Morgan fingerprint density at radius 3 is 2.44 bits per heavy atom. The summed E-state index contributed by atoms with van der Waals surface area (Å²) in [5, 5.41) is 3.79. The highest BCUT2D eigenvalue weighted by molar-refractivity contribution is 5.16. The highest BCUT2D eigenvalue weighted by Gasteiger charge is 2.24. The van der Waals surface area contributed by atoms with Gasteiger partial charge in [0.05, 0.1) is 6.20 Å². The van der Waals surface area contributed by atoms with E-state index in [1.165, 1.54) is 51.5 Å². The molecule has 0 aromatic carbocycles. The summed E-state index contributed by atoms with van der Waals surface area (Å²) in [6.45, 7) is 4.18. The van der Waals surface area contributed by atoms with Crippen molar-refractivity contribution in [2.75, 3.05) is 19.6 Å². The molecule has 3 aliphatic rings. The lowest BCUT2D eigenvalue weighted by Crippen LogP contribution is -2.41. The highest BCUT2D eigenvalue weighted by Crippen LogP contribution is 2.26. The zero-order valence-electron chi connectivity index (χ0n) is 9.25. The van der Waals surface area contributed by atoms with Crippen LogP contribution in [0.4, 0.5) is 0 Å². The molecule has 0 atom stereocenters. The normalized spacial score (nSPS) is 27.8. The average Bonchev–Trinajstić information content (AvgIpc) is 2.95. The largest absolute Gasteiger partial charge is 0.431 e. The zero-order valence-corrected chi connectivity index (χ0v) is 9.25. The predicted octanol–water partition coefficient (Wildman–Crippen LogP) is 1.42. The summed E-state index contributed by atoms with van der Waals surface area (Å²) in [4.78, 5) is 6.35. The van der Waals surface area contributed by atoms with Crippen LogP contribution >= 0.6 is 0 Å². The lowest BCUT2D eigenvalue weighted by molar-refractivity contribution is 0.111. The fourth-order valence-corrected chi connectivity index (χ4v) is 2.44. The first-order valence-corrected chi connectivity index (χ1v) is 5.87. The van der Waals surface area contributed by atoms with E-state index in [1.54, 1.807) is 10.7 Å². The molecule has 5 nitrogen and oxygen atoms in total. The van der Waals surface area contributed by atoms with E-state index in [1.807, 2.05) is 0 Å². The number of hydrogen-bond acceptors (Lipinski definition) is 4. The third-order valence-electron chi connectivity index (χ3n) is 3.48. The minimum Gasteiger partial charge on any atom is -0.431 e. The number of fused-ring (bicyclic) bond motifs is 4. The van der Waals surface area contributed by atoms with Crippen LogP contribution in [0.1, 0.15) is 19.3 Å². The Morgan fingerprint density at radius 1 is 1.19 bits per heavy atom. The molecule has 0 amide bonds. The van der Waals surface area contributed by atoms with E-state index in [0.717, 1.165) is 5.92 Å². The van der Waals surface area contributed by atoms with Crippen LogP contribution in [-0.4, -0.2) is 39.1 Å². The van der Waals surface area contributed by atoms with E-state index in [9.17, 15) is 0 Å². The van der Waals surface area contributed by atoms with Crippen molar-refractivity contribution in [3.63, 3.8) is 0 Å². The topological polar surface area (TPSA) is 46.6 Å². The molecule has 2 aromatic rings. The second-order valence-electron chi connectivity index (χ2n) is 4.46. The summed E-state index contributed by atoms with van der Waals surface area (Å²) in [6.07, 6.45) is 9.14. The quantitative estimate of drug-likeness (QED) is 0.673. The lowest BCUT2D eigenvalue weighted by Gasteiger charge is -2.38. The molecule has 0 saturated carbocycles. The van der Waals surface area contributed by atoms with Crippen molar-refractivity contribution >= 4 is 5.84 Å². The van der Waals surface area contributed by atoms with Crippen molar-refractivity contribution in [3.05, 3.63) is 18.8 Å². The Kier molecular flexibility index (Phi) is 2.61. The second kappa shape index (κ2) is 4.25. The van der Waals surface area contributed by atoms with Crippen LogP contribution in [0, 0.1) is 5.92 Å². The van der Waals surface area contributed by atoms with Gasteiger partial charge in [-0.15, -0.1) is 0 Å². The van der Waals surface area contributed by atoms with Gasteiger partial charge in [-0.1, -0.05) is 0 Å². The molecule has 16 heavy (non-hydrogen) atoms. The maximum Gasteiger partial charge on any atom is 0.324 e. The molecular weight excluding hydrogens is 204 g/mol. The number of piperidine rings is 3. The zero-order chi connectivity index (χ0) is 10.8. The van der Waals surface area contributed by atoms with Crippen molar-refractivity contribution in [2.24, 2.45) is 5.92 Å². The minimum absolute atomic E-state index is 0.532. The number of rotatable bonds is 0. The Hall–Kier alpha value is -1.36. The molecular formula is C11H16N4O. The van der Waals surface area contributed by atoms with Crippen LogP contribution < -0.4 is 0 Å². The van der Waals surface area contributed by atoms with Crippen molar-refractivity contribution < 1.29 is 4.42 Å². The van der Waals surface area contributed by atoms with E-state index >= 15 is 0 Å². The summed E-state index contributed by atoms with van der Waals surface area (Å²) < 4.78 is 6.40. The summed E-state index contributed by atoms with van der Waals surface area (Å²) in [6, 6.07) is 0. The number of oxazole rings is 1. The van der Waals surface area contributed by atoms with Gasteiger partial charge in [0, 0.05) is 0 Å². The molecule has 2 aromatic heterocycles. The molecule has 5 heteroatoms. The van der Waals surface area contributed by atoms with Crippen LogP contribution in [0.3, 0.4) is 0 Å². The third-order valence-corrected chi connectivity index (χ3v) is 3.48. The molecule has 0 radical (unpaired) electrons. The van der Waals surface area contributed by atoms with Crippen LogP contribution in [-0.2, 0) is 0 Å². The Morgan fingerprint density at radius 2 is 1.94 bits per heavy atom. The molecule has 86 valence electrons. The first-order valence-electron chi connectivity index (χ1n) is 5.87. The second-order valence-corrected chi connectivity index (χ2v) is 4.46. The van der Waals surface area contributed by atoms with Crippen molar-refractivity contribution in [3.8, 4) is 0 Å². The van der Waals surface area contributed by atoms with E-state index in [0.29, 0.717) is 5.84 Å². The lowest BCUT2D eigenvalue weighted by atomic mass is 9.89. The van der Waals surface area contributed by atoms with Crippen LogP contribution in [0.15, 0.2) is 23.2 Å². The molecule has 0 unspecified atom stereocenters. The van der Waals surface area contributed by atoms with Gasteiger partial charge in [-0.3, -0.25) is 0 Å². The van der Waals surface area contributed by atoms with Gasteiger partial charge in [-0.05, 0) is 44.8 Å². The van der Waals surface area contributed by atoms with Crippen molar-refractivity contribution in [1.82, 2.24) is 19.5 Å². The highest BCUT2D eigenvalue weighted by atomic mass is 16.3. The first-order chi connectivity index (χ1) is 7.92. The number of hydrogen-bond donors (Lipinski definition) is 0. The van der Waals surface area contributed by atoms with Gasteiger partial charge in [0.15, 0.2) is 0 Å². The Bertz CT molecular complexity index is 367. The molecule has 0 spiro atoms.